The number of esters is 1. The zero-order valence-corrected chi connectivity index (χ0v) is 16.1. The van der Waals surface area contributed by atoms with Crippen LogP contribution in [-0.2, 0) is 22.6 Å². The van der Waals surface area contributed by atoms with Crippen LogP contribution in [0.1, 0.15) is 30.9 Å². The lowest BCUT2D eigenvalue weighted by atomic mass is 10.1. The maximum absolute atomic E-state index is 11.5. The summed E-state index contributed by atoms with van der Waals surface area (Å²) in [5.74, 6) is 0.551. The molecule has 0 amide bonds. The molecule has 0 radical (unpaired) electrons. The second kappa shape index (κ2) is 11.4. The molecule has 0 saturated heterocycles. The molecule has 2 aromatic rings. The molecule has 0 saturated carbocycles. The van der Waals surface area contributed by atoms with Gasteiger partial charge >= 0.3 is 5.97 Å². The van der Waals surface area contributed by atoms with E-state index in [-0.39, 0.29) is 12.6 Å². The first-order chi connectivity index (χ1) is 13.1. The first-order valence-corrected chi connectivity index (χ1v) is 9.34. The average Bonchev–Trinajstić information content (AvgIpc) is 2.68. The largest absolute Gasteiger partial charge is 0.496 e. The molecule has 0 aliphatic rings. The van der Waals surface area contributed by atoms with E-state index in [0.717, 1.165) is 23.3 Å². The molecule has 0 aliphatic carbocycles. The number of nitrogens with zero attached hydrogens (tertiary/aromatic N) is 1. The normalized spacial score (nSPS) is 12.0. The van der Waals surface area contributed by atoms with Crippen LogP contribution in [0.25, 0.3) is 0 Å². The Kier molecular flexibility index (Phi) is 8.81. The summed E-state index contributed by atoms with van der Waals surface area (Å²) in [6.45, 7) is 3.63. The van der Waals surface area contributed by atoms with Gasteiger partial charge in [0.15, 0.2) is 0 Å². The summed E-state index contributed by atoms with van der Waals surface area (Å²) in [5, 5.41) is 10.4. The third kappa shape index (κ3) is 7.41. The second-order valence-corrected chi connectivity index (χ2v) is 6.55. The van der Waals surface area contributed by atoms with Crippen molar-refractivity contribution in [2.45, 2.75) is 39.0 Å². The van der Waals surface area contributed by atoms with Gasteiger partial charge in [0.1, 0.15) is 18.5 Å². The SMILES string of the molecule is CCCC(=O)OC[C@@H](O)CN(Cc1ccccc1)Cc1ccccc1OC. The molecule has 146 valence electrons. The summed E-state index contributed by atoms with van der Waals surface area (Å²) < 4.78 is 10.6. The van der Waals surface area contributed by atoms with Crippen molar-refractivity contribution in [2.24, 2.45) is 0 Å². The fourth-order valence-corrected chi connectivity index (χ4v) is 2.92. The lowest BCUT2D eigenvalue weighted by molar-refractivity contribution is -0.147. The molecule has 0 spiro atoms. The lowest BCUT2D eigenvalue weighted by Crippen LogP contribution is -2.35. The molecule has 27 heavy (non-hydrogen) atoms. The maximum atomic E-state index is 11.5. The molecule has 0 heterocycles. The van der Waals surface area contributed by atoms with Crippen LogP contribution in [0.5, 0.6) is 5.75 Å². The zero-order chi connectivity index (χ0) is 19.5. The monoisotopic (exact) mass is 371 g/mol. The van der Waals surface area contributed by atoms with Gasteiger partial charge in [-0.15, -0.1) is 0 Å². The molecule has 2 aromatic carbocycles. The van der Waals surface area contributed by atoms with E-state index in [0.29, 0.717) is 26.1 Å². The fraction of sp³-hybridized carbons (Fsp3) is 0.409. The number of methoxy groups -OCH3 is 1. The number of hydrogen-bond acceptors (Lipinski definition) is 5. The first kappa shape index (κ1) is 20.9. The average molecular weight is 371 g/mol. The van der Waals surface area contributed by atoms with Crippen molar-refractivity contribution >= 4 is 5.97 Å². The summed E-state index contributed by atoms with van der Waals surface area (Å²) >= 11 is 0. The number of rotatable bonds is 11. The van der Waals surface area contributed by atoms with Crippen LogP contribution >= 0.6 is 0 Å². The van der Waals surface area contributed by atoms with Crippen molar-refractivity contribution in [1.29, 1.82) is 0 Å². The molecule has 0 bridgehead atoms. The molecule has 0 aliphatic heterocycles. The van der Waals surface area contributed by atoms with Crippen LogP contribution < -0.4 is 4.74 Å². The highest BCUT2D eigenvalue weighted by atomic mass is 16.5. The molecule has 2 rings (SSSR count). The topological polar surface area (TPSA) is 59.0 Å². The fourth-order valence-electron chi connectivity index (χ4n) is 2.92. The molecule has 1 N–H and O–H groups in total. The van der Waals surface area contributed by atoms with Crippen molar-refractivity contribution in [1.82, 2.24) is 4.90 Å². The van der Waals surface area contributed by atoms with E-state index in [1.165, 1.54) is 0 Å². The Labute approximate surface area is 161 Å². The van der Waals surface area contributed by atoms with Gasteiger partial charge in [-0.3, -0.25) is 9.69 Å². The lowest BCUT2D eigenvalue weighted by Gasteiger charge is -2.26. The summed E-state index contributed by atoms with van der Waals surface area (Å²) in [6, 6.07) is 18.0. The number of hydrogen-bond donors (Lipinski definition) is 1. The van der Waals surface area contributed by atoms with Crippen molar-refractivity contribution in [2.75, 3.05) is 20.3 Å². The second-order valence-electron chi connectivity index (χ2n) is 6.55. The smallest absolute Gasteiger partial charge is 0.305 e. The number of carbonyl (C=O) groups excluding carboxylic acids is 1. The van der Waals surface area contributed by atoms with Crippen LogP contribution in [0.4, 0.5) is 0 Å². The van der Waals surface area contributed by atoms with Gasteiger partial charge in [0, 0.05) is 31.6 Å². The van der Waals surface area contributed by atoms with Crippen LogP contribution in [0.15, 0.2) is 54.6 Å². The van der Waals surface area contributed by atoms with E-state index < -0.39 is 6.10 Å². The van der Waals surface area contributed by atoms with Gasteiger partial charge in [0.2, 0.25) is 0 Å². The molecule has 5 heteroatoms. The highest BCUT2D eigenvalue weighted by Gasteiger charge is 2.16. The number of aliphatic hydroxyl groups is 1. The van der Waals surface area contributed by atoms with Crippen LogP contribution in [0, 0.1) is 0 Å². The van der Waals surface area contributed by atoms with Crippen LogP contribution in [-0.4, -0.2) is 42.3 Å². The number of benzene rings is 2. The van der Waals surface area contributed by atoms with E-state index in [1.807, 2.05) is 49.4 Å². The van der Waals surface area contributed by atoms with Gasteiger partial charge < -0.3 is 14.6 Å². The third-order valence-electron chi connectivity index (χ3n) is 4.20. The third-order valence-corrected chi connectivity index (χ3v) is 4.20. The molecular weight excluding hydrogens is 342 g/mol. The minimum atomic E-state index is -0.746. The Hall–Kier alpha value is -2.37. The Balaban J connectivity index is 2.04. The Bertz CT molecular complexity index is 690. The van der Waals surface area contributed by atoms with E-state index in [1.54, 1.807) is 7.11 Å². The Morgan fingerprint density at radius 3 is 2.48 bits per heavy atom. The van der Waals surface area contributed by atoms with Gasteiger partial charge in [-0.05, 0) is 18.1 Å². The minimum Gasteiger partial charge on any atom is -0.496 e. The van der Waals surface area contributed by atoms with E-state index in [9.17, 15) is 9.90 Å². The summed E-state index contributed by atoms with van der Waals surface area (Å²) in [7, 11) is 1.66. The molecular formula is C22H29NO4. The highest BCUT2D eigenvalue weighted by Crippen LogP contribution is 2.20. The molecule has 0 aromatic heterocycles. The number of carbonyl (C=O) groups is 1. The molecule has 5 nitrogen and oxygen atoms in total. The van der Waals surface area contributed by atoms with Crippen molar-refractivity contribution in [3.8, 4) is 5.75 Å². The van der Waals surface area contributed by atoms with Gasteiger partial charge in [-0.25, -0.2) is 0 Å². The molecule has 1 atom stereocenters. The first-order valence-electron chi connectivity index (χ1n) is 9.34. The summed E-state index contributed by atoms with van der Waals surface area (Å²) in [4.78, 5) is 13.7. The van der Waals surface area contributed by atoms with Gasteiger partial charge in [-0.2, -0.15) is 0 Å². The standard InChI is InChI=1S/C22H29NO4/c1-3-9-22(25)27-17-20(24)16-23(14-18-10-5-4-6-11-18)15-19-12-7-8-13-21(19)26-2/h4-8,10-13,20,24H,3,9,14-17H2,1-2H3/t20-/m0/s1. The number of para-hydroxylation sites is 1. The van der Waals surface area contributed by atoms with Crippen LogP contribution in [0.3, 0.4) is 0 Å². The van der Waals surface area contributed by atoms with E-state index in [2.05, 4.69) is 17.0 Å². The minimum absolute atomic E-state index is 0.00997. The predicted molar refractivity (Wildman–Crippen MR) is 105 cm³/mol. The molecule has 0 unspecified atom stereocenters. The predicted octanol–water partition coefficient (Wildman–Crippen LogP) is 3.40. The number of aliphatic hydroxyl groups excluding tert-OH is 1. The van der Waals surface area contributed by atoms with Crippen LogP contribution in [0.2, 0.25) is 0 Å². The van der Waals surface area contributed by atoms with E-state index in [4.69, 9.17) is 9.47 Å². The number of ether oxygens (including phenoxy) is 2. The Morgan fingerprint density at radius 1 is 1.07 bits per heavy atom. The van der Waals surface area contributed by atoms with E-state index >= 15 is 0 Å². The van der Waals surface area contributed by atoms with Crippen molar-refractivity contribution in [3.05, 3.63) is 65.7 Å². The van der Waals surface area contributed by atoms with Crippen molar-refractivity contribution in [3.63, 3.8) is 0 Å². The summed E-state index contributed by atoms with van der Waals surface area (Å²) in [5.41, 5.74) is 2.20. The van der Waals surface area contributed by atoms with Gasteiger partial charge in [0.25, 0.3) is 0 Å². The Morgan fingerprint density at radius 2 is 1.78 bits per heavy atom. The maximum Gasteiger partial charge on any atom is 0.305 e. The zero-order valence-electron chi connectivity index (χ0n) is 16.1. The molecule has 0 fully saturated rings. The van der Waals surface area contributed by atoms with Gasteiger partial charge in [0.05, 0.1) is 7.11 Å². The highest BCUT2D eigenvalue weighted by molar-refractivity contribution is 5.69. The quantitative estimate of drug-likeness (QED) is 0.614. The van der Waals surface area contributed by atoms with Crippen molar-refractivity contribution < 1.29 is 19.4 Å². The summed E-state index contributed by atoms with van der Waals surface area (Å²) in [6.07, 6.45) is 0.370. The van der Waals surface area contributed by atoms with Gasteiger partial charge in [-0.1, -0.05) is 55.5 Å².